The highest BCUT2D eigenvalue weighted by atomic mass is 16.3. The van der Waals surface area contributed by atoms with Gasteiger partial charge in [0.2, 0.25) is 5.91 Å². The summed E-state index contributed by atoms with van der Waals surface area (Å²) >= 11 is 0. The summed E-state index contributed by atoms with van der Waals surface area (Å²) in [5.41, 5.74) is 6.26. The van der Waals surface area contributed by atoms with Crippen molar-refractivity contribution in [3.8, 4) is 5.75 Å². The van der Waals surface area contributed by atoms with Crippen molar-refractivity contribution >= 4 is 5.91 Å². The summed E-state index contributed by atoms with van der Waals surface area (Å²) in [4.78, 5) is 13.4. The Morgan fingerprint density at radius 3 is 2.73 bits per heavy atom. The number of phenols is 1. The molecule has 3 N–H and O–H groups in total. The van der Waals surface area contributed by atoms with Gasteiger partial charge in [-0.15, -0.1) is 0 Å². The van der Waals surface area contributed by atoms with Gasteiger partial charge in [-0.25, -0.2) is 0 Å². The molecular weight excluding hydrogens is 192 g/mol. The molecule has 0 aliphatic carbocycles. The summed E-state index contributed by atoms with van der Waals surface area (Å²) in [6.07, 6.45) is 0.249. The summed E-state index contributed by atoms with van der Waals surface area (Å²) in [5, 5.41) is 9.49. The van der Waals surface area contributed by atoms with E-state index >= 15 is 0 Å². The first-order chi connectivity index (χ1) is 7.16. The van der Waals surface area contributed by atoms with Crippen LogP contribution in [0.1, 0.15) is 5.56 Å². The Kier molecular flexibility index (Phi) is 2.60. The van der Waals surface area contributed by atoms with Gasteiger partial charge in [0.05, 0.1) is 6.42 Å². The zero-order valence-electron chi connectivity index (χ0n) is 8.39. The Hall–Kier alpha value is -1.55. The molecule has 1 aliphatic heterocycles. The number of amides is 1. The third-order valence-electron chi connectivity index (χ3n) is 2.60. The first-order valence-electron chi connectivity index (χ1n) is 4.97. The molecule has 80 valence electrons. The summed E-state index contributed by atoms with van der Waals surface area (Å²) in [6.45, 7) is 1.26. The second-order valence-corrected chi connectivity index (χ2v) is 3.86. The smallest absolute Gasteiger partial charge is 0.227 e. The van der Waals surface area contributed by atoms with Gasteiger partial charge in [0, 0.05) is 24.7 Å². The number of rotatable bonds is 2. The van der Waals surface area contributed by atoms with Crippen LogP contribution < -0.4 is 5.73 Å². The Labute approximate surface area is 88.3 Å². The van der Waals surface area contributed by atoms with Crippen LogP contribution in [-0.2, 0) is 11.2 Å². The third kappa shape index (κ3) is 2.10. The number of phenolic OH excluding ortho intramolecular Hbond substituents is 1. The van der Waals surface area contributed by atoms with Crippen LogP contribution in [0.3, 0.4) is 0 Å². The molecule has 15 heavy (non-hydrogen) atoms. The van der Waals surface area contributed by atoms with Crippen LogP contribution in [0.5, 0.6) is 5.75 Å². The maximum atomic E-state index is 11.7. The van der Waals surface area contributed by atoms with E-state index < -0.39 is 0 Å². The minimum absolute atomic E-state index is 0.0261. The highest BCUT2D eigenvalue weighted by Crippen LogP contribution is 2.18. The molecule has 1 aliphatic rings. The van der Waals surface area contributed by atoms with Crippen LogP contribution in [0.15, 0.2) is 24.3 Å². The van der Waals surface area contributed by atoms with Crippen LogP contribution in [0.4, 0.5) is 0 Å². The van der Waals surface area contributed by atoms with Crippen molar-refractivity contribution in [2.24, 2.45) is 5.73 Å². The molecule has 2 rings (SSSR count). The summed E-state index contributed by atoms with van der Waals surface area (Å²) < 4.78 is 0. The minimum atomic E-state index is 0.0261. The summed E-state index contributed by atoms with van der Waals surface area (Å²) in [5.74, 6) is 0.203. The number of nitrogens with zero attached hydrogens (tertiary/aromatic N) is 1. The summed E-state index contributed by atoms with van der Waals surface area (Å²) in [6, 6.07) is 7.02. The van der Waals surface area contributed by atoms with E-state index in [1.807, 2.05) is 6.07 Å². The van der Waals surface area contributed by atoms with Gasteiger partial charge in [0.25, 0.3) is 0 Å². The largest absolute Gasteiger partial charge is 0.508 e. The minimum Gasteiger partial charge on any atom is -0.508 e. The van der Waals surface area contributed by atoms with E-state index in [0.717, 1.165) is 0 Å². The highest BCUT2D eigenvalue weighted by molar-refractivity contribution is 5.80. The van der Waals surface area contributed by atoms with Gasteiger partial charge in [-0.2, -0.15) is 0 Å². The molecule has 0 atom stereocenters. The number of benzene rings is 1. The van der Waals surface area contributed by atoms with Crippen LogP contribution in [0.2, 0.25) is 0 Å². The predicted molar refractivity (Wildman–Crippen MR) is 56.4 cm³/mol. The lowest BCUT2D eigenvalue weighted by Gasteiger charge is -2.36. The van der Waals surface area contributed by atoms with Crippen molar-refractivity contribution in [3.05, 3.63) is 29.8 Å². The summed E-state index contributed by atoms with van der Waals surface area (Å²) in [7, 11) is 0. The molecule has 0 radical (unpaired) electrons. The maximum absolute atomic E-state index is 11.7. The van der Waals surface area contributed by atoms with E-state index in [-0.39, 0.29) is 24.1 Å². The Balaban J connectivity index is 1.97. The fourth-order valence-electron chi connectivity index (χ4n) is 1.65. The molecule has 0 unspecified atom stereocenters. The molecule has 0 aromatic heterocycles. The lowest BCUT2D eigenvalue weighted by Crippen LogP contribution is -2.58. The Morgan fingerprint density at radius 2 is 2.13 bits per heavy atom. The van der Waals surface area contributed by atoms with Gasteiger partial charge in [0.1, 0.15) is 5.75 Å². The third-order valence-corrected chi connectivity index (χ3v) is 2.60. The molecule has 1 aromatic rings. The van der Waals surface area contributed by atoms with Crippen molar-refractivity contribution in [1.82, 2.24) is 4.90 Å². The van der Waals surface area contributed by atoms with E-state index in [2.05, 4.69) is 0 Å². The molecule has 1 amide bonds. The van der Waals surface area contributed by atoms with Gasteiger partial charge in [-0.3, -0.25) is 4.79 Å². The Morgan fingerprint density at radius 1 is 1.47 bits per heavy atom. The van der Waals surface area contributed by atoms with Crippen molar-refractivity contribution in [2.75, 3.05) is 13.1 Å². The monoisotopic (exact) mass is 206 g/mol. The number of hydrogen-bond acceptors (Lipinski definition) is 3. The molecule has 4 heteroatoms. The number of carbonyl (C=O) groups excluding carboxylic acids is 1. The molecule has 0 spiro atoms. The number of para-hydroxylation sites is 1. The SMILES string of the molecule is NC1CN(C(=O)Cc2ccccc2O)C1. The molecule has 1 saturated heterocycles. The van der Waals surface area contributed by atoms with E-state index in [1.54, 1.807) is 23.1 Å². The molecule has 1 fully saturated rings. The quantitative estimate of drug-likeness (QED) is 0.721. The fraction of sp³-hybridized carbons (Fsp3) is 0.364. The van der Waals surface area contributed by atoms with E-state index in [1.165, 1.54) is 0 Å². The second-order valence-electron chi connectivity index (χ2n) is 3.86. The van der Waals surface area contributed by atoms with Gasteiger partial charge in [-0.05, 0) is 6.07 Å². The lowest BCUT2D eigenvalue weighted by atomic mass is 10.1. The number of aromatic hydroxyl groups is 1. The topological polar surface area (TPSA) is 66.6 Å². The lowest BCUT2D eigenvalue weighted by molar-refractivity contribution is -0.134. The predicted octanol–water partition coefficient (Wildman–Crippen LogP) is 0.104. The van der Waals surface area contributed by atoms with Gasteiger partial charge >= 0.3 is 0 Å². The van der Waals surface area contributed by atoms with Crippen LogP contribution >= 0.6 is 0 Å². The molecule has 4 nitrogen and oxygen atoms in total. The fourth-order valence-corrected chi connectivity index (χ4v) is 1.65. The number of likely N-dealkylation sites (tertiary alicyclic amines) is 1. The van der Waals surface area contributed by atoms with E-state index in [9.17, 15) is 9.90 Å². The van der Waals surface area contributed by atoms with Crippen LogP contribution in [0.25, 0.3) is 0 Å². The normalized spacial score (nSPS) is 16.2. The molecule has 0 bridgehead atoms. The zero-order chi connectivity index (χ0) is 10.8. The van der Waals surface area contributed by atoms with Crippen molar-refractivity contribution in [3.63, 3.8) is 0 Å². The van der Waals surface area contributed by atoms with E-state index in [4.69, 9.17) is 5.73 Å². The highest BCUT2D eigenvalue weighted by Gasteiger charge is 2.27. The van der Waals surface area contributed by atoms with E-state index in [0.29, 0.717) is 18.7 Å². The van der Waals surface area contributed by atoms with Crippen LogP contribution in [0, 0.1) is 0 Å². The Bertz CT molecular complexity index is 373. The number of nitrogens with two attached hydrogens (primary N) is 1. The molecular formula is C11H14N2O2. The molecule has 1 heterocycles. The van der Waals surface area contributed by atoms with Gasteiger partial charge < -0.3 is 15.7 Å². The van der Waals surface area contributed by atoms with Gasteiger partial charge in [-0.1, -0.05) is 18.2 Å². The molecule has 1 aromatic carbocycles. The first-order valence-corrected chi connectivity index (χ1v) is 4.97. The molecule has 0 saturated carbocycles. The van der Waals surface area contributed by atoms with Crippen LogP contribution in [-0.4, -0.2) is 35.0 Å². The standard InChI is InChI=1S/C11H14N2O2/c12-9-6-13(7-9)11(15)5-8-3-1-2-4-10(8)14/h1-4,9,14H,5-7,12H2. The maximum Gasteiger partial charge on any atom is 0.227 e. The van der Waals surface area contributed by atoms with Crippen molar-refractivity contribution < 1.29 is 9.90 Å². The average Bonchev–Trinajstić information content (AvgIpc) is 2.17. The van der Waals surface area contributed by atoms with Gasteiger partial charge in [0.15, 0.2) is 0 Å². The second kappa shape index (κ2) is 3.90. The van der Waals surface area contributed by atoms with Crippen molar-refractivity contribution in [2.45, 2.75) is 12.5 Å². The zero-order valence-corrected chi connectivity index (χ0v) is 8.39. The van der Waals surface area contributed by atoms with Crippen molar-refractivity contribution in [1.29, 1.82) is 0 Å². The first kappa shape index (κ1) is 9.98. The average molecular weight is 206 g/mol. The number of carbonyl (C=O) groups is 1. The number of hydrogen-bond donors (Lipinski definition) is 2.